The van der Waals surface area contributed by atoms with E-state index in [1.54, 1.807) is 0 Å². The van der Waals surface area contributed by atoms with E-state index in [2.05, 4.69) is 17.1 Å². The maximum atomic E-state index is 9.12. The molecule has 1 heterocycles. The van der Waals surface area contributed by atoms with E-state index in [-0.39, 0.29) is 12.2 Å². The van der Waals surface area contributed by atoms with Crippen LogP contribution >= 0.6 is 0 Å². The Labute approximate surface area is 96.5 Å². The van der Waals surface area contributed by atoms with Crippen molar-refractivity contribution in [1.82, 2.24) is 14.8 Å². The third-order valence-corrected chi connectivity index (χ3v) is 2.13. The molecule has 5 heteroatoms. The lowest BCUT2D eigenvalue weighted by atomic mass is 10.2. The summed E-state index contributed by atoms with van der Waals surface area (Å²) in [7, 11) is 0. The summed E-state index contributed by atoms with van der Waals surface area (Å²) in [4.78, 5) is 0. The van der Waals surface area contributed by atoms with Gasteiger partial charge in [-0.15, -0.1) is 10.2 Å². The predicted octanol–water partition coefficient (Wildman–Crippen LogP) is 1.50. The number of ether oxygens (including phenoxy) is 1. The van der Waals surface area contributed by atoms with Crippen molar-refractivity contribution in [3.8, 4) is 0 Å². The van der Waals surface area contributed by atoms with E-state index in [9.17, 15) is 0 Å². The van der Waals surface area contributed by atoms with E-state index in [1.165, 1.54) is 0 Å². The minimum absolute atomic E-state index is 0.0808. The van der Waals surface area contributed by atoms with Crippen LogP contribution in [0.5, 0.6) is 0 Å². The fourth-order valence-electron chi connectivity index (χ4n) is 1.36. The van der Waals surface area contributed by atoms with Crippen molar-refractivity contribution >= 4 is 0 Å². The Morgan fingerprint density at radius 2 is 1.88 bits per heavy atom. The third kappa shape index (κ3) is 3.57. The highest BCUT2D eigenvalue weighted by molar-refractivity contribution is 4.93. The molecule has 0 atom stereocenters. The Bertz CT molecular complexity index is 328. The van der Waals surface area contributed by atoms with Crippen LogP contribution in [0.2, 0.25) is 0 Å². The number of rotatable bonds is 5. The second-order valence-corrected chi connectivity index (χ2v) is 4.74. The van der Waals surface area contributed by atoms with Crippen LogP contribution in [0, 0.1) is 0 Å². The molecule has 0 aliphatic rings. The molecule has 0 radical (unpaired) electrons. The summed E-state index contributed by atoms with van der Waals surface area (Å²) in [6.07, 6.45) is 0.980. The molecule has 0 fully saturated rings. The van der Waals surface area contributed by atoms with Gasteiger partial charge in [-0.1, -0.05) is 6.92 Å². The lowest BCUT2D eigenvalue weighted by Crippen LogP contribution is -2.20. The molecular weight excluding hydrogens is 206 g/mol. The van der Waals surface area contributed by atoms with Crippen molar-refractivity contribution in [2.24, 2.45) is 0 Å². The van der Waals surface area contributed by atoms with E-state index in [0.717, 1.165) is 18.8 Å². The Kier molecular flexibility index (Phi) is 4.44. The van der Waals surface area contributed by atoms with Crippen LogP contribution in [0.25, 0.3) is 0 Å². The molecule has 0 unspecified atom stereocenters. The van der Waals surface area contributed by atoms with Crippen LogP contribution in [-0.4, -0.2) is 25.5 Å². The Morgan fingerprint density at radius 3 is 2.38 bits per heavy atom. The molecule has 0 aliphatic heterocycles. The molecule has 0 spiro atoms. The Balaban J connectivity index is 2.75. The molecule has 16 heavy (non-hydrogen) atoms. The Hall–Kier alpha value is -0.940. The van der Waals surface area contributed by atoms with Gasteiger partial charge in [0.1, 0.15) is 13.2 Å². The first-order chi connectivity index (χ1) is 7.48. The zero-order valence-corrected chi connectivity index (χ0v) is 10.5. The highest BCUT2D eigenvalue weighted by Gasteiger charge is 2.15. The summed E-state index contributed by atoms with van der Waals surface area (Å²) in [6, 6.07) is 0. The molecule has 0 aliphatic carbocycles. The zero-order chi connectivity index (χ0) is 12.2. The largest absolute Gasteiger partial charge is 0.388 e. The Morgan fingerprint density at radius 1 is 1.25 bits per heavy atom. The van der Waals surface area contributed by atoms with Gasteiger partial charge in [0.15, 0.2) is 11.6 Å². The second-order valence-electron chi connectivity index (χ2n) is 4.74. The molecule has 1 aromatic rings. The minimum Gasteiger partial charge on any atom is -0.388 e. The van der Waals surface area contributed by atoms with Crippen molar-refractivity contribution in [3.05, 3.63) is 11.6 Å². The van der Waals surface area contributed by atoms with E-state index in [1.807, 2.05) is 25.3 Å². The van der Waals surface area contributed by atoms with Gasteiger partial charge in [0, 0.05) is 6.54 Å². The second kappa shape index (κ2) is 5.41. The van der Waals surface area contributed by atoms with Crippen LogP contribution in [0.1, 0.15) is 45.8 Å². The van der Waals surface area contributed by atoms with Gasteiger partial charge in [-0.05, 0) is 27.2 Å². The molecule has 0 amide bonds. The van der Waals surface area contributed by atoms with Crippen LogP contribution in [0.15, 0.2) is 0 Å². The standard InChI is InChI=1S/C11H21N3O2/c1-5-6-14-9(7-15)12-13-10(14)8-16-11(2,3)4/h15H,5-8H2,1-4H3. The van der Waals surface area contributed by atoms with Crippen molar-refractivity contribution in [3.63, 3.8) is 0 Å². The molecule has 92 valence electrons. The summed E-state index contributed by atoms with van der Waals surface area (Å²) in [5, 5.41) is 17.1. The lowest BCUT2D eigenvalue weighted by Gasteiger charge is -2.19. The van der Waals surface area contributed by atoms with Crippen molar-refractivity contribution in [2.75, 3.05) is 0 Å². The molecular formula is C11H21N3O2. The molecule has 1 rings (SSSR count). The molecule has 1 aromatic heterocycles. The first kappa shape index (κ1) is 13.1. The number of aliphatic hydroxyl groups is 1. The van der Waals surface area contributed by atoms with E-state index in [4.69, 9.17) is 9.84 Å². The summed E-state index contributed by atoms with van der Waals surface area (Å²) in [5.74, 6) is 1.38. The monoisotopic (exact) mass is 227 g/mol. The molecule has 1 N–H and O–H groups in total. The highest BCUT2D eigenvalue weighted by atomic mass is 16.5. The fourth-order valence-corrected chi connectivity index (χ4v) is 1.36. The zero-order valence-electron chi connectivity index (χ0n) is 10.5. The number of hydrogen-bond acceptors (Lipinski definition) is 4. The quantitative estimate of drug-likeness (QED) is 0.828. The summed E-state index contributed by atoms with van der Waals surface area (Å²) in [6.45, 7) is 9.24. The van der Waals surface area contributed by atoms with E-state index >= 15 is 0 Å². The third-order valence-electron chi connectivity index (χ3n) is 2.13. The normalized spacial score (nSPS) is 12.1. The van der Waals surface area contributed by atoms with Crippen LogP contribution in [0.3, 0.4) is 0 Å². The smallest absolute Gasteiger partial charge is 0.159 e. The first-order valence-corrected chi connectivity index (χ1v) is 5.63. The van der Waals surface area contributed by atoms with Gasteiger partial charge in [-0.25, -0.2) is 0 Å². The summed E-state index contributed by atoms with van der Waals surface area (Å²) in [5.41, 5.74) is -0.192. The maximum Gasteiger partial charge on any atom is 0.159 e. The van der Waals surface area contributed by atoms with Gasteiger partial charge in [-0.3, -0.25) is 0 Å². The average Bonchev–Trinajstić information content (AvgIpc) is 2.57. The SMILES string of the molecule is CCCn1c(CO)nnc1COC(C)(C)C. The summed E-state index contributed by atoms with van der Waals surface area (Å²) < 4.78 is 7.58. The molecule has 0 bridgehead atoms. The molecule has 0 saturated heterocycles. The van der Waals surface area contributed by atoms with Gasteiger partial charge in [0.25, 0.3) is 0 Å². The summed E-state index contributed by atoms with van der Waals surface area (Å²) >= 11 is 0. The average molecular weight is 227 g/mol. The highest BCUT2D eigenvalue weighted by Crippen LogP contribution is 2.12. The van der Waals surface area contributed by atoms with Gasteiger partial charge in [-0.2, -0.15) is 0 Å². The number of nitrogens with zero attached hydrogens (tertiary/aromatic N) is 3. The number of hydrogen-bond donors (Lipinski definition) is 1. The van der Waals surface area contributed by atoms with Crippen molar-refractivity contribution < 1.29 is 9.84 Å². The lowest BCUT2D eigenvalue weighted by molar-refractivity contribution is -0.0195. The van der Waals surface area contributed by atoms with Gasteiger partial charge >= 0.3 is 0 Å². The fraction of sp³-hybridized carbons (Fsp3) is 0.818. The predicted molar refractivity (Wildman–Crippen MR) is 60.8 cm³/mol. The molecule has 5 nitrogen and oxygen atoms in total. The van der Waals surface area contributed by atoms with Crippen LogP contribution < -0.4 is 0 Å². The van der Waals surface area contributed by atoms with Crippen molar-refractivity contribution in [2.45, 2.75) is 59.5 Å². The maximum absolute atomic E-state index is 9.12. The van der Waals surface area contributed by atoms with Gasteiger partial charge in [0.05, 0.1) is 5.60 Å². The molecule has 0 aromatic carbocycles. The van der Waals surface area contributed by atoms with Crippen molar-refractivity contribution in [1.29, 1.82) is 0 Å². The van der Waals surface area contributed by atoms with Crippen LogP contribution in [-0.2, 0) is 24.5 Å². The van der Waals surface area contributed by atoms with E-state index < -0.39 is 0 Å². The number of aliphatic hydroxyl groups excluding tert-OH is 1. The minimum atomic E-state index is -0.192. The van der Waals surface area contributed by atoms with E-state index in [0.29, 0.717) is 12.4 Å². The van der Waals surface area contributed by atoms with Gasteiger partial charge < -0.3 is 14.4 Å². The first-order valence-electron chi connectivity index (χ1n) is 5.63. The number of aromatic nitrogens is 3. The van der Waals surface area contributed by atoms with Gasteiger partial charge in [0.2, 0.25) is 0 Å². The van der Waals surface area contributed by atoms with Crippen LogP contribution in [0.4, 0.5) is 0 Å². The topological polar surface area (TPSA) is 60.2 Å². The molecule has 0 saturated carbocycles.